The molecule has 1 N–H and O–H groups in total. The van der Waals surface area contributed by atoms with Gasteiger partial charge in [0.25, 0.3) is 5.91 Å². The Labute approximate surface area is 105 Å². The fourth-order valence-corrected chi connectivity index (χ4v) is 2.42. The lowest BCUT2D eigenvalue weighted by molar-refractivity contribution is -0.149. The second-order valence-corrected chi connectivity index (χ2v) is 4.57. The number of nitrogens with one attached hydrogen (secondary N) is 1. The molecule has 0 aromatic carbocycles. The van der Waals surface area contributed by atoms with Crippen molar-refractivity contribution in [1.82, 2.24) is 5.32 Å². The maximum absolute atomic E-state index is 12.0. The molecule has 2 rings (SSSR count). The average molecular weight is 251 g/mol. The molecule has 0 radical (unpaired) electrons. The van der Waals surface area contributed by atoms with Crippen LogP contribution < -0.4 is 5.32 Å². The van der Waals surface area contributed by atoms with Crippen molar-refractivity contribution in [2.24, 2.45) is 0 Å². The first-order valence-corrected chi connectivity index (χ1v) is 6.12. The number of hydrogen-bond donors (Lipinski definition) is 1. The summed E-state index contributed by atoms with van der Waals surface area (Å²) < 4.78 is 9.86. The van der Waals surface area contributed by atoms with Gasteiger partial charge < -0.3 is 14.5 Å². The van der Waals surface area contributed by atoms with E-state index in [1.807, 2.05) is 0 Å². The Hall–Kier alpha value is -1.78. The molecule has 1 aliphatic carbocycles. The number of amides is 1. The number of carbonyl (C=O) groups excluding carboxylic acids is 2. The number of furan rings is 1. The van der Waals surface area contributed by atoms with E-state index in [4.69, 9.17) is 9.15 Å². The van der Waals surface area contributed by atoms with Gasteiger partial charge in [-0.1, -0.05) is 19.3 Å². The molecule has 5 heteroatoms. The molecule has 1 heterocycles. The van der Waals surface area contributed by atoms with Gasteiger partial charge in [-0.05, 0) is 25.0 Å². The van der Waals surface area contributed by atoms with Crippen LogP contribution in [0, 0.1) is 0 Å². The van der Waals surface area contributed by atoms with E-state index in [2.05, 4.69) is 5.32 Å². The molecule has 0 atom stereocenters. The van der Waals surface area contributed by atoms with Crippen molar-refractivity contribution in [3.63, 3.8) is 0 Å². The lowest BCUT2D eigenvalue weighted by atomic mass is 9.81. The number of rotatable bonds is 3. The highest BCUT2D eigenvalue weighted by Gasteiger charge is 2.42. The molecule has 1 fully saturated rings. The maximum atomic E-state index is 12.0. The molecule has 5 nitrogen and oxygen atoms in total. The van der Waals surface area contributed by atoms with Crippen molar-refractivity contribution in [3.8, 4) is 0 Å². The molecule has 1 aliphatic rings. The zero-order valence-corrected chi connectivity index (χ0v) is 10.4. The van der Waals surface area contributed by atoms with Gasteiger partial charge in [0.1, 0.15) is 5.54 Å². The predicted octanol–water partition coefficient (Wildman–Crippen LogP) is 1.89. The van der Waals surface area contributed by atoms with Crippen LogP contribution in [0.3, 0.4) is 0 Å². The van der Waals surface area contributed by atoms with Crippen LogP contribution >= 0.6 is 0 Å². The van der Waals surface area contributed by atoms with Crippen molar-refractivity contribution in [2.45, 2.75) is 37.6 Å². The Morgan fingerprint density at radius 1 is 1.33 bits per heavy atom. The van der Waals surface area contributed by atoms with E-state index in [1.165, 1.54) is 13.4 Å². The fraction of sp³-hybridized carbons (Fsp3) is 0.538. The van der Waals surface area contributed by atoms with Crippen molar-refractivity contribution in [1.29, 1.82) is 0 Å². The third-order valence-corrected chi connectivity index (χ3v) is 3.38. The summed E-state index contributed by atoms with van der Waals surface area (Å²) in [6.45, 7) is 0. The summed E-state index contributed by atoms with van der Waals surface area (Å²) in [5, 5.41) is 2.78. The van der Waals surface area contributed by atoms with Gasteiger partial charge in [0.2, 0.25) is 0 Å². The van der Waals surface area contributed by atoms with Gasteiger partial charge >= 0.3 is 5.97 Å². The van der Waals surface area contributed by atoms with Gasteiger partial charge in [-0.25, -0.2) is 4.79 Å². The first-order valence-electron chi connectivity index (χ1n) is 6.12. The van der Waals surface area contributed by atoms with E-state index < -0.39 is 5.54 Å². The van der Waals surface area contributed by atoms with Gasteiger partial charge in [-0.15, -0.1) is 0 Å². The lowest BCUT2D eigenvalue weighted by Gasteiger charge is -2.34. The molecular formula is C13H17NO4. The van der Waals surface area contributed by atoms with Crippen molar-refractivity contribution >= 4 is 11.9 Å². The quantitative estimate of drug-likeness (QED) is 0.833. The van der Waals surface area contributed by atoms with Crippen molar-refractivity contribution in [3.05, 3.63) is 24.2 Å². The largest absolute Gasteiger partial charge is 0.467 e. The number of ether oxygens (including phenoxy) is 1. The molecule has 0 bridgehead atoms. The third-order valence-electron chi connectivity index (χ3n) is 3.38. The van der Waals surface area contributed by atoms with Crippen LogP contribution in [0.15, 0.2) is 22.8 Å². The van der Waals surface area contributed by atoms with Crippen LogP contribution in [-0.2, 0) is 9.53 Å². The van der Waals surface area contributed by atoms with Crippen LogP contribution in [0.1, 0.15) is 42.7 Å². The second kappa shape index (κ2) is 5.25. The number of methoxy groups -OCH3 is 1. The second-order valence-electron chi connectivity index (χ2n) is 4.57. The van der Waals surface area contributed by atoms with E-state index in [-0.39, 0.29) is 17.6 Å². The normalized spacial score (nSPS) is 18.1. The Morgan fingerprint density at radius 2 is 2.06 bits per heavy atom. The predicted molar refractivity (Wildman–Crippen MR) is 64.0 cm³/mol. The maximum Gasteiger partial charge on any atom is 0.331 e. The monoisotopic (exact) mass is 251 g/mol. The smallest absolute Gasteiger partial charge is 0.331 e. The molecule has 0 saturated heterocycles. The van der Waals surface area contributed by atoms with Gasteiger partial charge in [0.05, 0.1) is 13.4 Å². The molecule has 1 amide bonds. The minimum Gasteiger partial charge on any atom is -0.467 e. The molecule has 1 aromatic rings. The first-order chi connectivity index (χ1) is 8.68. The number of hydrogen-bond acceptors (Lipinski definition) is 4. The van der Waals surface area contributed by atoms with Crippen LogP contribution in [0.4, 0.5) is 0 Å². The van der Waals surface area contributed by atoms with E-state index >= 15 is 0 Å². The molecular weight excluding hydrogens is 234 g/mol. The van der Waals surface area contributed by atoms with Gasteiger partial charge in [-0.3, -0.25) is 4.79 Å². The van der Waals surface area contributed by atoms with E-state index in [0.717, 1.165) is 19.3 Å². The summed E-state index contributed by atoms with van der Waals surface area (Å²) in [6, 6.07) is 3.21. The van der Waals surface area contributed by atoms with Crippen molar-refractivity contribution < 1.29 is 18.7 Å². The van der Waals surface area contributed by atoms with Gasteiger partial charge in [0.15, 0.2) is 5.76 Å². The zero-order chi connectivity index (χ0) is 13.0. The third kappa shape index (κ3) is 2.39. The summed E-state index contributed by atoms with van der Waals surface area (Å²) in [6.07, 6.45) is 5.56. The number of carbonyl (C=O) groups is 2. The molecule has 1 saturated carbocycles. The molecule has 18 heavy (non-hydrogen) atoms. The summed E-state index contributed by atoms with van der Waals surface area (Å²) >= 11 is 0. The Morgan fingerprint density at radius 3 is 2.61 bits per heavy atom. The summed E-state index contributed by atoms with van der Waals surface area (Å²) in [7, 11) is 1.34. The van der Waals surface area contributed by atoms with E-state index in [1.54, 1.807) is 12.1 Å². The highest BCUT2D eigenvalue weighted by molar-refractivity contribution is 5.96. The Balaban J connectivity index is 2.15. The Kier molecular flexibility index (Phi) is 3.69. The lowest BCUT2D eigenvalue weighted by Crippen LogP contribution is -2.56. The van der Waals surface area contributed by atoms with Crippen LogP contribution in [0.2, 0.25) is 0 Å². The molecule has 98 valence electrons. The van der Waals surface area contributed by atoms with Gasteiger partial charge in [-0.2, -0.15) is 0 Å². The highest BCUT2D eigenvalue weighted by atomic mass is 16.5. The van der Waals surface area contributed by atoms with Gasteiger partial charge in [0, 0.05) is 0 Å². The summed E-state index contributed by atoms with van der Waals surface area (Å²) in [5.41, 5.74) is -0.892. The van der Waals surface area contributed by atoms with Crippen LogP contribution in [-0.4, -0.2) is 24.5 Å². The first kappa shape index (κ1) is 12.7. The minimum atomic E-state index is -0.892. The SMILES string of the molecule is COC(=O)C1(NC(=O)c2ccco2)CCCCC1. The topological polar surface area (TPSA) is 68.5 Å². The van der Waals surface area contributed by atoms with Crippen LogP contribution in [0.25, 0.3) is 0 Å². The molecule has 1 aromatic heterocycles. The highest BCUT2D eigenvalue weighted by Crippen LogP contribution is 2.29. The summed E-state index contributed by atoms with van der Waals surface area (Å²) in [5.74, 6) is -0.529. The van der Waals surface area contributed by atoms with Crippen molar-refractivity contribution in [2.75, 3.05) is 7.11 Å². The van der Waals surface area contributed by atoms with E-state index in [0.29, 0.717) is 12.8 Å². The zero-order valence-electron chi connectivity index (χ0n) is 10.4. The van der Waals surface area contributed by atoms with E-state index in [9.17, 15) is 9.59 Å². The molecule has 0 spiro atoms. The average Bonchev–Trinajstić information content (AvgIpc) is 2.93. The molecule has 0 aliphatic heterocycles. The Bertz CT molecular complexity index is 418. The number of esters is 1. The minimum absolute atomic E-state index is 0.212. The standard InChI is InChI=1S/C13H17NO4/c1-17-12(16)13(7-3-2-4-8-13)14-11(15)10-6-5-9-18-10/h5-6,9H,2-4,7-8H2,1H3,(H,14,15). The molecule has 0 unspecified atom stereocenters. The van der Waals surface area contributed by atoms with Crippen LogP contribution in [0.5, 0.6) is 0 Å². The fourth-order valence-electron chi connectivity index (χ4n) is 2.42. The summed E-state index contributed by atoms with van der Waals surface area (Å²) in [4.78, 5) is 23.9.